The highest BCUT2D eigenvalue weighted by atomic mass is 19.1. The Hall–Kier alpha value is -4.00. The summed E-state index contributed by atoms with van der Waals surface area (Å²) < 4.78 is 18.5. The number of carbonyl (C=O) groups is 3. The first-order chi connectivity index (χ1) is 17.9. The van der Waals surface area contributed by atoms with Gasteiger partial charge < -0.3 is 14.5 Å². The second kappa shape index (κ2) is 12.3. The van der Waals surface area contributed by atoms with Crippen molar-refractivity contribution < 1.29 is 23.5 Å². The van der Waals surface area contributed by atoms with Crippen molar-refractivity contribution in [2.75, 3.05) is 24.6 Å². The van der Waals surface area contributed by atoms with E-state index in [1.165, 1.54) is 12.1 Å². The fourth-order valence-corrected chi connectivity index (χ4v) is 4.53. The van der Waals surface area contributed by atoms with Crippen LogP contribution >= 0.6 is 0 Å². The van der Waals surface area contributed by atoms with Crippen LogP contribution in [0.15, 0.2) is 78.9 Å². The van der Waals surface area contributed by atoms with Gasteiger partial charge in [0, 0.05) is 24.3 Å². The molecular formula is C30H31FN2O4. The molecule has 6 nitrogen and oxygen atoms in total. The number of esters is 1. The Morgan fingerprint density at radius 2 is 1.62 bits per heavy atom. The van der Waals surface area contributed by atoms with Crippen LogP contribution in [0.3, 0.4) is 0 Å². The van der Waals surface area contributed by atoms with Crippen LogP contribution in [-0.4, -0.2) is 42.4 Å². The monoisotopic (exact) mass is 502 g/mol. The van der Waals surface area contributed by atoms with Gasteiger partial charge >= 0.3 is 5.97 Å². The minimum atomic E-state index is -0.332. The molecule has 1 unspecified atom stereocenters. The highest BCUT2D eigenvalue weighted by Crippen LogP contribution is 2.23. The molecule has 1 fully saturated rings. The maximum absolute atomic E-state index is 13.4. The standard InChI is InChI=1S/C30H31FN2O4/c1-2-37-30(36)25-9-6-18-32(21-25)28(34)19-22-12-16-27(17-13-22)33(20-23-10-14-26(31)15-11-23)29(35)24-7-4-3-5-8-24/h3-5,7-8,10-17,25H,2,6,9,18-21H2,1H3. The van der Waals surface area contributed by atoms with Gasteiger partial charge in [-0.25, -0.2) is 4.39 Å². The topological polar surface area (TPSA) is 66.9 Å². The number of nitrogens with zero attached hydrogens (tertiary/aromatic N) is 2. The van der Waals surface area contributed by atoms with Gasteiger partial charge in [0.1, 0.15) is 5.82 Å². The van der Waals surface area contributed by atoms with Crippen LogP contribution in [0.2, 0.25) is 0 Å². The van der Waals surface area contributed by atoms with Crippen molar-refractivity contribution in [3.63, 3.8) is 0 Å². The first-order valence-electron chi connectivity index (χ1n) is 12.6. The maximum Gasteiger partial charge on any atom is 0.310 e. The van der Waals surface area contributed by atoms with Crippen LogP contribution in [0.1, 0.15) is 41.3 Å². The molecule has 1 saturated heterocycles. The number of halogens is 1. The molecule has 0 radical (unpaired) electrons. The Morgan fingerprint density at radius 1 is 0.946 bits per heavy atom. The summed E-state index contributed by atoms with van der Waals surface area (Å²) in [6.07, 6.45) is 1.71. The van der Waals surface area contributed by atoms with Crippen molar-refractivity contribution in [3.8, 4) is 0 Å². The van der Waals surface area contributed by atoms with E-state index in [1.807, 2.05) is 42.5 Å². The third kappa shape index (κ3) is 6.82. The smallest absolute Gasteiger partial charge is 0.310 e. The zero-order chi connectivity index (χ0) is 26.2. The van der Waals surface area contributed by atoms with E-state index >= 15 is 0 Å². The molecule has 7 heteroatoms. The molecule has 2 amide bonds. The summed E-state index contributed by atoms with van der Waals surface area (Å²) in [5, 5.41) is 0. The van der Waals surface area contributed by atoms with E-state index in [1.54, 1.807) is 41.0 Å². The molecule has 0 aromatic heterocycles. The molecule has 3 aromatic rings. The van der Waals surface area contributed by atoms with Gasteiger partial charge in [-0.15, -0.1) is 0 Å². The maximum atomic E-state index is 13.4. The number of anilines is 1. The Kier molecular flexibility index (Phi) is 8.67. The predicted molar refractivity (Wildman–Crippen MR) is 139 cm³/mol. The molecule has 0 saturated carbocycles. The van der Waals surface area contributed by atoms with Crippen molar-refractivity contribution >= 4 is 23.5 Å². The summed E-state index contributed by atoms with van der Waals surface area (Å²) in [5.41, 5.74) is 2.84. The third-order valence-corrected chi connectivity index (χ3v) is 6.52. The lowest BCUT2D eigenvalue weighted by atomic mass is 9.97. The Bertz CT molecular complexity index is 1210. The largest absolute Gasteiger partial charge is 0.466 e. The SMILES string of the molecule is CCOC(=O)C1CCCN(C(=O)Cc2ccc(N(Cc3ccc(F)cc3)C(=O)c3ccccc3)cc2)C1. The molecule has 0 N–H and O–H groups in total. The van der Waals surface area contributed by atoms with Gasteiger partial charge in [0.05, 0.1) is 25.5 Å². The number of carbonyl (C=O) groups excluding carboxylic acids is 3. The molecule has 1 atom stereocenters. The minimum Gasteiger partial charge on any atom is -0.466 e. The lowest BCUT2D eigenvalue weighted by Gasteiger charge is -2.31. The van der Waals surface area contributed by atoms with Crippen LogP contribution in [0.25, 0.3) is 0 Å². The first kappa shape index (κ1) is 26.1. The van der Waals surface area contributed by atoms with Gasteiger partial charge in [0.15, 0.2) is 0 Å². The van der Waals surface area contributed by atoms with E-state index in [9.17, 15) is 18.8 Å². The molecule has 0 spiro atoms. The van der Waals surface area contributed by atoms with Gasteiger partial charge in [-0.2, -0.15) is 0 Å². The molecule has 192 valence electrons. The number of hydrogen-bond acceptors (Lipinski definition) is 4. The van der Waals surface area contributed by atoms with E-state index in [0.29, 0.717) is 30.9 Å². The molecular weight excluding hydrogens is 471 g/mol. The zero-order valence-corrected chi connectivity index (χ0v) is 20.9. The Labute approximate surface area is 216 Å². The first-order valence-corrected chi connectivity index (χ1v) is 12.6. The Morgan fingerprint density at radius 3 is 2.30 bits per heavy atom. The lowest BCUT2D eigenvalue weighted by molar-refractivity contribution is -0.151. The summed E-state index contributed by atoms with van der Waals surface area (Å²) in [6, 6.07) is 22.4. The molecule has 37 heavy (non-hydrogen) atoms. The number of ether oxygens (including phenoxy) is 1. The summed E-state index contributed by atoms with van der Waals surface area (Å²) in [6.45, 7) is 3.40. The number of likely N-dealkylation sites (tertiary alicyclic amines) is 1. The fourth-order valence-electron chi connectivity index (χ4n) is 4.53. The number of amides is 2. The average Bonchev–Trinajstić information content (AvgIpc) is 2.93. The van der Waals surface area contributed by atoms with Gasteiger partial charge in [-0.3, -0.25) is 14.4 Å². The highest BCUT2D eigenvalue weighted by Gasteiger charge is 2.29. The third-order valence-electron chi connectivity index (χ3n) is 6.52. The molecule has 0 aliphatic carbocycles. The second-order valence-electron chi connectivity index (χ2n) is 9.16. The molecule has 3 aromatic carbocycles. The van der Waals surface area contributed by atoms with Gasteiger partial charge in [-0.1, -0.05) is 42.5 Å². The van der Waals surface area contributed by atoms with Crippen LogP contribution in [-0.2, 0) is 27.3 Å². The summed E-state index contributed by atoms with van der Waals surface area (Å²) >= 11 is 0. The van der Waals surface area contributed by atoms with Crippen LogP contribution in [0.4, 0.5) is 10.1 Å². The highest BCUT2D eigenvalue weighted by molar-refractivity contribution is 6.06. The van der Waals surface area contributed by atoms with E-state index in [-0.39, 0.29) is 42.5 Å². The van der Waals surface area contributed by atoms with Crippen molar-refractivity contribution in [1.29, 1.82) is 0 Å². The minimum absolute atomic E-state index is 0.0368. The summed E-state index contributed by atoms with van der Waals surface area (Å²) in [7, 11) is 0. The van der Waals surface area contributed by atoms with Crippen molar-refractivity contribution in [3.05, 3.63) is 101 Å². The Balaban J connectivity index is 1.47. The lowest BCUT2D eigenvalue weighted by Crippen LogP contribution is -2.43. The molecule has 1 heterocycles. The van der Waals surface area contributed by atoms with Crippen LogP contribution in [0, 0.1) is 11.7 Å². The van der Waals surface area contributed by atoms with E-state index < -0.39 is 0 Å². The predicted octanol–water partition coefficient (Wildman–Crippen LogP) is 5.02. The van der Waals surface area contributed by atoms with E-state index in [0.717, 1.165) is 24.0 Å². The van der Waals surface area contributed by atoms with Crippen LogP contribution < -0.4 is 4.90 Å². The molecule has 4 rings (SSSR count). The summed E-state index contributed by atoms with van der Waals surface area (Å²) in [5.74, 6) is -1.06. The number of benzene rings is 3. The van der Waals surface area contributed by atoms with Crippen molar-refractivity contribution in [2.24, 2.45) is 5.92 Å². The quantitative estimate of drug-likeness (QED) is 0.406. The second-order valence-corrected chi connectivity index (χ2v) is 9.16. The fraction of sp³-hybridized carbons (Fsp3) is 0.300. The average molecular weight is 503 g/mol. The van der Waals surface area contributed by atoms with E-state index in [2.05, 4.69) is 0 Å². The molecule has 1 aliphatic rings. The van der Waals surface area contributed by atoms with Crippen molar-refractivity contribution in [1.82, 2.24) is 4.90 Å². The van der Waals surface area contributed by atoms with Gasteiger partial charge in [0.2, 0.25) is 5.91 Å². The van der Waals surface area contributed by atoms with Gasteiger partial charge in [-0.05, 0) is 67.3 Å². The number of piperidine rings is 1. The normalized spacial score (nSPS) is 15.2. The van der Waals surface area contributed by atoms with Gasteiger partial charge in [0.25, 0.3) is 5.91 Å². The molecule has 1 aliphatic heterocycles. The van der Waals surface area contributed by atoms with Crippen molar-refractivity contribution in [2.45, 2.75) is 32.7 Å². The molecule has 0 bridgehead atoms. The van der Waals surface area contributed by atoms with Crippen LogP contribution in [0.5, 0.6) is 0 Å². The zero-order valence-electron chi connectivity index (χ0n) is 20.9. The van der Waals surface area contributed by atoms with E-state index in [4.69, 9.17) is 4.74 Å². The number of rotatable bonds is 8. The number of hydrogen-bond donors (Lipinski definition) is 0. The summed E-state index contributed by atoms with van der Waals surface area (Å²) in [4.78, 5) is 41.8.